The van der Waals surface area contributed by atoms with Gasteiger partial charge in [0.15, 0.2) is 0 Å². The highest BCUT2D eigenvalue weighted by Gasteiger charge is 2.37. The summed E-state index contributed by atoms with van der Waals surface area (Å²) in [5.41, 5.74) is 3.32. The van der Waals surface area contributed by atoms with E-state index in [9.17, 15) is 4.21 Å². The van der Waals surface area contributed by atoms with Crippen molar-refractivity contribution in [2.75, 3.05) is 0 Å². The summed E-state index contributed by atoms with van der Waals surface area (Å²) in [6.45, 7) is 6.32. The van der Waals surface area contributed by atoms with Crippen molar-refractivity contribution in [2.45, 2.75) is 139 Å². The predicted octanol–water partition coefficient (Wildman–Crippen LogP) is 8.13. The zero-order valence-corrected chi connectivity index (χ0v) is 23.2. The van der Waals surface area contributed by atoms with Gasteiger partial charge >= 0.3 is 0 Å². The molecule has 0 amide bonds. The molecule has 3 saturated carbocycles. The molecule has 3 aliphatic carbocycles. The average molecular weight is 490 g/mol. The first-order chi connectivity index (χ1) is 15.9. The first-order valence-corrected chi connectivity index (χ1v) is 16.6. The van der Waals surface area contributed by atoms with Crippen LogP contribution in [0.3, 0.4) is 0 Å². The number of hydrogen-bond acceptors (Lipinski definition) is 1. The van der Waals surface area contributed by atoms with Gasteiger partial charge in [0.25, 0.3) is 0 Å². The fourth-order valence-electron chi connectivity index (χ4n) is 6.57. The summed E-state index contributed by atoms with van der Waals surface area (Å²) in [6.07, 6.45) is 20.9. The van der Waals surface area contributed by atoms with E-state index in [0.717, 1.165) is 11.3 Å². The monoisotopic (exact) mass is 489 g/mol. The zero-order chi connectivity index (χ0) is 23.3. The van der Waals surface area contributed by atoms with Gasteiger partial charge in [-0.05, 0) is 87.4 Å². The van der Waals surface area contributed by atoms with Crippen molar-refractivity contribution in [1.82, 2.24) is 4.72 Å². The molecule has 2 atom stereocenters. The van der Waals surface area contributed by atoms with E-state index >= 15 is 0 Å². The Balaban J connectivity index is 1.72. The first kappa shape index (κ1) is 25.8. The smallest absolute Gasteiger partial charge is 0.0976 e. The van der Waals surface area contributed by atoms with Gasteiger partial charge in [0, 0.05) is 6.04 Å². The third-order valence-corrected chi connectivity index (χ3v) is 13.5. The van der Waals surface area contributed by atoms with Crippen molar-refractivity contribution in [3.8, 4) is 0 Å². The molecule has 1 unspecified atom stereocenters. The molecule has 3 fully saturated rings. The Kier molecular flexibility index (Phi) is 9.50. The molecule has 0 aromatic heterocycles. The van der Waals surface area contributed by atoms with E-state index in [1.165, 1.54) is 102 Å². The SMILES string of the molecule is CC(C)(C)S(=O)N[C@H](c1ccccc1P(C1CCCCC1)C1CCCCC1)C1CCCCC1. The molecule has 0 aliphatic heterocycles. The number of benzene rings is 1. The van der Waals surface area contributed by atoms with E-state index in [0.29, 0.717) is 5.92 Å². The van der Waals surface area contributed by atoms with E-state index < -0.39 is 11.0 Å². The Morgan fingerprint density at radius 1 is 0.788 bits per heavy atom. The highest BCUT2D eigenvalue weighted by Crippen LogP contribution is 2.56. The summed E-state index contributed by atoms with van der Waals surface area (Å²) in [5, 5.41) is 1.68. The van der Waals surface area contributed by atoms with Gasteiger partial charge in [-0.25, -0.2) is 8.93 Å². The van der Waals surface area contributed by atoms with Gasteiger partial charge in [0.2, 0.25) is 0 Å². The van der Waals surface area contributed by atoms with Crippen molar-refractivity contribution >= 4 is 24.2 Å². The van der Waals surface area contributed by atoms with Gasteiger partial charge in [-0.3, -0.25) is 0 Å². The molecule has 1 N–H and O–H groups in total. The van der Waals surface area contributed by atoms with Crippen LogP contribution in [-0.4, -0.2) is 20.3 Å². The van der Waals surface area contributed by atoms with Crippen LogP contribution in [0.2, 0.25) is 0 Å². The number of hydrogen-bond donors (Lipinski definition) is 1. The van der Waals surface area contributed by atoms with Gasteiger partial charge in [0.05, 0.1) is 15.7 Å². The van der Waals surface area contributed by atoms with Crippen LogP contribution in [0, 0.1) is 5.92 Å². The third-order valence-electron chi connectivity index (χ3n) is 8.40. The van der Waals surface area contributed by atoms with E-state index in [1.54, 1.807) is 5.30 Å². The highest BCUT2D eigenvalue weighted by molar-refractivity contribution is 7.84. The molecule has 4 rings (SSSR count). The zero-order valence-electron chi connectivity index (χ0n) is 21.5. The Bertz CT molecular complexity index is 739. The largest absolute Gasteiger partial charge is 0.242 e. The molecule has 0 bridgehead atoms. The Morgan fingerprint density at radius 3 is 1.79 bits per heavy atom. The van der Waals surface area contributed by atoms with Gasteiger partial charge in [0.1, 0.15) is 0 Å². The lowest BCUT2D eigenvalue weighted by Crippen LogP contribution is -2.41. The molecule has 0 spiro atoms. The highest BCUT2D eigenvalue weighted by atomic mass is 32.2. The number of rotatable bonds is 7. The topological polar surface area (TPSA) is 29.1 Å². The molecule has 0 radical (unpaired) electrons. The molecular weight excluding hydrogens is 441 g/mol. The molecule has 3 aliphatic rings. The van der Waals surface area contributed by atoms with Crippen molar-refractivity contribution in [3.63, 3.8) is 0 Å². The van der Waals surface area contributed by atoms with Crippen LogP contribution in [0.4, 0.5) is 0 Å². The van der Waals surface area contributed by atoms with Gasteiger partial charge in [-0.15, -0.1) is 0 Å². The average Bonchev–Trinajstić information content (AvgIpc) is 2.84. The fraction of sp³-hybridized carbons (Fsp3) is 0.793. The fourth-order valence-corrected chi connectivity index (χ4v) is 11.5. The Labute approximate surface area is 207 Å². The summed E-state index contributed by atoms with van der Waals surface area (Å²) < 4.78 is 16.9. The van der Waals surface area contributed by atoms with Crippen LogP contribution < -0.4 is 10.0 Å². The maximum atomic E-state index is 13.4. The van der Waals surface area contributed by atoms with Crippen molar-refractivity contribution in [1.29, 1.82) is 0 Å². The Hall–Kier alpha value is -0.240. The van der Waals surface area contributed by atoms with Crippen LogP contribution in [0.5, 0.6) is 0 Å². The van der Waals surface area contributed by atoms with Crippen LogP contribution in [0.15, 0.2) is 24.3 Å². The molecule has 0 saturated heterocycles. The molecular formula is C29H48NOPS. The normalized spacial score (nSPS) is 24.1. The molecule has 0 heterocycles. The maximum absolute atomic E-state index is 13.4. The van der Waals surface area contributed by atoms with Crippen molar-refractivity contribution in [3.05, 3.63) is 29.8 Å². The predicted molar refractivity (Wildman–Crippen MR) is 147 cm³/mol. The standard InChI is InChI=1S/C29H48NOPS/c1-29(2,3)33(31)30-28(23-15-7-4-8-16-23)26-21-13-14-22-27(26)32(24-17-9-5-10-18-24)25-19-11-6-12-20-25/h13-14,21-25,28,30H,4-12,15-20H2,1-3H3/t28-,33?/m0/s1. The van der Waals surface area contributed by atoms with Crippen molar-refractivity contribution in [2.24, 2.45) is 5.92 Å². The van der Waals surface area contributed by atoms with Crippen LogP contribution in [0.25, 0.3) is 0 Å². The molecule has 1 aromatic carbocycles. The second-order valence-electron chi connectivity index (χ2n) is 11.9. The van der Waals surface area contributed by atoms with E-state index in [1.807, 2.05) is 0 Å². The molecule has 33 heavy (non-hydrogen) atoms. The molecule has 4 heteroatoms. The summed E-state index contributed by atoms with van der Waals surface area (Å²) in [7, 11) is -1.20. The summed E-state index contributed by atoms with van der Waals surface area (Å²) in [5.74, 6) is 0.612. The van der Waals surface area contributed by atoms with Crippen molar-refractivity contribution < 1.29 is 4.21 Å². The Morgan fingerprint density at radius 2 is 1.27 bits per heavy atom. The second kappa shape index (κ2) is 12.1. The third kappa shape index (κ3) is 6.71. The second-order valence-corrected chi connectivity index (χ2v) is 16.7. The van der Waals surface area contributed by atoms with Crippen LogP contribution in [0.1, 0.15) is 129 Å². The van der Waals surface area contributed by atoms with Crippen LogP contribution >= 0.6 is 7.92 Å². The van der Waals surface area contributed by atoms with E-state index in [-0.39, 0.29) is 18.7 Å². The van der Waals surface area contributed by atoms with Gasteiger partial charge in [-0.2, -0.15) is 0 Å². The molecule has 1 aromatic rings. The maximum Gasteiger partial charge on any atom is 0.0976 e. The van der Waals surface area contributed by atoms with E-state index in [2.05, 4.69) is 49.8 Å². The van der Waals surface area contributed by atoms with Gasteiger partial charge in [-0.1, -0.05) is 90.0 Å². The lowest BCUT2D eigenvalue weighted by atomic mass is 9.81. The summed E-state index contributed by atoms with van der Waals surface area (Å²) in [4.78, 5) is 0. The minimum atomic E-state index is -1.04. The molecule has 2 nitrogen and oxygen atoms in total. The lowest BCUT2D eigenvalue weighted by Gasteiger charge is -2.41. The summed E-state index contributed by atoms with van der Waals surface area (Å²) >= 11 is 0. The minimum absolute atomic E-state index is 0.158. The lowest BCUT2D eigenvalue weighted by molar-refractivity contribution is 0.296. The quantitative estimate of drug-likeness (QED) is 0.385. The van der Waals surface area contributed by atoms with Crippen LogP contribution in [-0.2, 0) is 11.0 Å². The number of nitrogens with one attached hydrogen (secondary N) is 1. The first-order valence-electron chi connectivity index (χ1n) is 14.0. The summed E-state index contributed by atoms with van der Waals surface area (Å²) in [6, 6.07) is 9.72. The van der Waals surface area contributed by atoms with Gasteiger partial charge < -0.3 is 0 Å². The minimum Gasteiger partial charge on any atom is -0.242 e. The molecule has 186 valence electrons. The van der Waals surface area contributed by atoms with E-state index in [4.69, 9.17) is 0 Å².